The normalized spacial score (nSPS) is 10.9. The van der Waals surface area contributed by atoms with Gasteiger partial charge in [-0.05, 0) is 17.7 Å². The molecule has 0 aliphatic heterocycles. The molecule has 2 nitrogen and oxygen atoms in total. The van der Waals surface area contributed by atoms with Gasteiger partial charge >= 0.3 is 6.18 Å². The molecule has 0 bridgehead atoms. The number of hydrogen-bond acceptors (Lipinski definition) is 2. The Balaban J connectivity index is 2.70. The molecule has 5 heteroatoms. The zero-order valence-corrected chi connectivity index (χ0v) is 10.1. The van der Waals surface area contributed by atoms with Crippen LogP contribution in [-0.4, -0.2) is 6.29 Å². The van der Waals surface area contributed by atoms with Gasteiger partial charge in [0.25, 0.3) is 0 Å². The van der Waals surface area contributed by atoms with Gasteiger partial charge in [0.2, 0.25) is 0 Å². The lowest BCUT2D eigenvalue weighted by molar-refractivity contribution is -0.137. The van der Waals surface area contributed by atoms with Crippen LogP contribution in [0.1, 0.15) is 21.5 Å². The molecule has 0 fully saturated rings. The van der Waals surface area contributed by atoms with Gasteiger partial charge in [-0.1, -0.05) is 30.3 Å². The number of hydrogen-bond donors (Lipinski definition) is 0. The second-order valence-electron chi connectivity index (χ2n) is 4.08. The summed E-state index contributed by atoms with van der Waals surface area (Å²) in [5.41, 5.74) is -0.481. The van der Waals surface area contributed by atoms with Crippen LogP contribution in [0.3, 0.4) is 0 Å². The van der Waals surface area contributed by atoms with Crippen LogP contribution in [0.25, 0.3) is 11.1 Å². The topological polar surface area (TPSA) is 40.9 Å². The number of nitrogens with zero attached hydrogens (tertiary/aromatic N) is 1. The Bertz CT molecular complexity index is 682. The van der Waals surface area contributed by atoms with E-state index in [2.05, 4.69) is 0 Å². The minimum atomic E-state index is -4.55. The maximum absolute atomic E-state index is 13.0. The second-order valence-corrected chi connectivity index (χ2v) is 4.08. The molecular formula is C15H8F3NO. The van der Waals surface area contributed by atoms with E-state index < -0.39 is 11.7 Å². The molecule has 0 N–H and O–H groups in total. The standard InChI is InChI=1S/C15H8F3NO/c16-15(17,18)13-3-1-2-12(8-19)14(13)11-6-4-10(9-20)5-7-11/h1-7,9H. The largest absolute Gasteiger partial charge is 0.417 e. The van der Waals surface area contributed by atoms with Crippen LogP contribution >= 0.6 is 0 Å². The maximum atomic E-state index is 13.0. The molecule has 0 saturated carbocycles. The van der Waals surface area contributed by atoms with Crippen molar-refractivity contribution in [1.82, 2.24) is 0 Å². The Hall–Kier alpha value is -2.61. The summed E-state index contributed by atoms with van der Waals surface area (Å²) in [6.45, 7) is 0. The van der Waals surface area contributed by atoms with Crippen molar-refractivity contribution < 1.29 is 18.0 Å². The van der Waals surface area contributed by atoms with Crippen LogP contribution in [0.15, 0.2) is 42.5 Å². The average Bonchev–Trinajstić information content (AvgIpc) is 2.45. The fourth-order valence-corrected chi connectivity index (χ4v) is 1.92. The maximum Gasteiger partial charge on any atom is 0.417 e. The van der Waals surface area contributed by atoms with E-state index in [9.17, 15) is 18.0 Å². The van der Waals surface area contributed by atoms with Crippen LogP contribution in [-0.2, 0) is 6.18 Å². The van der Waals surface area contributed by atoms with Gasteiger partial charge in [-0.25, -0.2) is 0 Å². The second kappa shape index (κ2) is 5.17. The monoisotopic (exact) mass is 275 g/mol. The first-order valence-electron chi connectivity index (χ1n) is 5.63. The minimum absolute atomic E-state index is 0.0568. The van der Waals surface area contributed by atoms with Crippen LogP contribution in [0.4, 0.5) is 13.2 Å². The molecule has 20 heavy (non-hydrogen) atoms. The first-order valence-corrected chi connectivity index (χ1v) is 5.63. The summed E-state index contributed by atoms with van der Waals surface area (Å²) in [6, 6.07) is 10.9. The van der Waals surface area contributed by atoms with E-state index in [1.54, 1.807) is 6.07 Å². The predicted octanol–water partition coefficient (Wildman–Crippen LogP) is 4.06. The van der Waals surface area contributed by atoms with Gasteiger partial charge in [0.15, 0.2) is 0 Å². The number of nitriles is 1. The fourth-order valence-electron chi connectivity index (χ4n) is 1.92. The Morgan fingerprint density at radius 1 is 1.05 bits per heavy atom. The molecule has 0 radical (unpaired) electrons. The Kier molecular flexibility index (Phi) is 3.57. The molecule has 0 aromatic heterocycles. The third-order valence-corrected chi connectivity index (χ3v) is 2.83. The average molecular weight is 275 g/mol. The fraction of sp³-hybridized carbons (Fsp3) is 0.0667. The molecule has 0 aliphatic carbocycles. The zero-order valence-electron chi connectivity index (χ0n) is 10.1. The number of carbonyl (C=O) groups is 1. The van der Waals surface area contributed by atoms with E-state index in [0.29, 0.717) is 11.8 Å². The van der Waals surface area contributed by atoms with E-state index in [4.69, 9.17) is 5.26 Å². The lowest BCUT2D eigenvalue weighted by Gasteiger charge is -2.14. The highest BCUT2D eigenvalue weighted by molar-refractivity contribution is 5.79. The van der Waals surface area contributed by atoms with Gasteiger partial charge in [0, 0.05) is 11.1 Å². The summed E-state index contributed by atoms with van der Waals surface area (Å²) in [4.78, 5) is 10.6. The number of aldehydes is 1. The first-order chi connectivity index (χ1) is 9.47. The van der Waals surface area contributed by atoms with Crippen molar-refractivity contribution in [3.05, 3.63) is 59.2 Å². The number of halogens is 3. The summed E-state index contributed by atoms with van der Waals surface area (Å²) in [5, 5.41) is 9.00. The Morgan fingerprint density at radius 3 is 2.20 bits per heavy atom. The van der Waals surface area contributed by atoms with Crippen molar-refractivity contribution in [2.24, 2.45) is 0 Å². The van der Waals surface area contributed by atoms with Crippen LogP contribution in [0, 0.1) is 11.3 Å². The zero-order chi connectivity index (χ0) is 14.8. The van der Waals surface area contributed by atoms with Gasteiger partial charge < -0.3 is 0 Å². The molecule has 0 saturated heterocycles. The molecule has 0 aliphatic rings. The van der Waals surface area contributed by atoms with Gasteiger partial charge in [0.1, 0.15) is 6.29 Å². The number of rotatable bonds is 2. The van der Waals surface area contributed by atoms with Crippen LogP contribution in [0.2, 0.25) is 0 Å². The first kappa shape index (κ1) is 13.8. The lowest BCUT2D eigenvalue weighted by atomic mass is 9.94. The molecule has 0 heterocycles. The number of alkyl halides is 3. The Labute approximate surface area is 113 Å². The molecule has 2 rings (SSSR count). The van der Waals surface area contributed by atoms with E-state index in [1.165, 1.54) is 36.4 Å². The molecule has 2 aromatic carbocycles. The highest BCUT2D eigenvalue weighted by Crippen LogP contribution is 2.38. The van der Waals surface area contributed by atoms with Crippen LogP contribution < -0.4 is 0 Å². The van der Waals surface area contributed by atoms with Crippen molar-refractivity contribution in [2.45, 2.75) is 6.18 Å². The number of carbonyl (C=O) groups excluding carboxylic acids is 1. The van der Waals surface area contributed by atoms with Gasteiger partial charge in [-0.3, -0.25) is 4.79 Å². The third-order valence-electron chi connectivity index (χ3n) is 2.83. The third kappa shape index (κ3) is 2.54. The highest BCUT2D eigenvalue weighted by atomic mass is 19.4. The minimum Gasteiger partial charge on any atom is -0.298 e. The lowest BCUT2D eigenvalue weighted by Crippen LogP contribution is -2.08. The molecule has 0 amide bonds. The SMILES string of the molecule is N#Cc1cccc(C(F)(F)F)c1-c1ccc(C=O)cc1. The molecular weight excluding hydrogens is 267 g/mol. The molecule has 100 valence electrons. The molecule has 0 atom stereocenters. The molecule has 0 unspecified atom stereocenters. The van der Waals surface area contributed by atoms with Crippen molar-refractivity contribution >= 4 is 6.29 Å². The summed E-state index contributed by atoms with van der Waals surface area (Å²) in [6.07, 6.45) is -3.95. The highest BCUT2D eigenvalue weighted by Gasteiger charge is 2.34. The molecule has 2 aromatic rings. The van der Waals surface area contributed by atoms with Crippen molar-refractivity contribution in [3.8, 4) is 17.2 Å². The van der Waals surface area contributed by atoms with E-state index in [0.717, 1.165) is 6.07 Å². The summed E-state index contributed by atoms with van der Waals surface area (Å²) in [7, 11) is 0. The van der Waals surface area contributed by atoms with Crippen molar-refractivity contribution in [1.29, 1.82) is 5.26 Å². The van der Waals surface area contributed by atoms with Gasteiger partial charge in [-0.15, -0.1) is 0 Å². The quantitative estimate of drug-likeness (QED) is 0.775. The number of benzene rings is 2. The van der Waals surface area contributed by atoms with Gasteiger partial charge in [-0.2, -0.15) is 18.4 Å². The summed E-state index contributed by atoms with van der Waals surface area (Å²) in [5.74, 6) is 0. The van der Waals surface area contributed by atoms with Crippen molar-refractivity contribution in [2.75, 3.05) is 0 Å². The van der Waals surface area contributed by atoms with E-state index in [1.807, 2.05) is 0 Å². The summed E-state index contributed by atoms with van der Waals surface area (Å²) < 4.78 is 39.1. The summed E-state index contributed by atoms with van der Waals surface area (Å²) >= 11 is 0. The smallest absolute Gasteiger partial charge is 0.298 e. The Morgan fingerprint density at radius 2 is 1.70 bits per heavy atom. The van der Waals surface area contributed by atoms with Crippen LogP contribution in [0.5, 0.6) is 0 Å². The van der Waals surface area contributed by atoms with Gasteiger partial charge in [0.05, 0.1) is 17.2 Å². The van der Waals surface area contributed by atoms with E-state index in [-0.39, 0.29) is 16.7 Å². The van der Waals surface area contributed by atoms with E-state index >= 15 is 0 Å². The predicted molar refractivity (Wildman–Crippen MR) is 67.0 cm³/mol. The van der Waals surface area contributed by atoms with Crippen molar-refractivity contribution in [3.63, 3.8) is 0 Å². The molecule has 0 spiro atoms.